The van der Waals surface area contributed by atoms with Crippen LogP contribution in [0.3, 0.4) is 0 Å². The highest BCUT2D eigenvalue weighted by Crippen LogP contribution is 2.40. The fourth-order valence-electron chi connectivity index (χ4n) is 3.11. The SMILES string of the molecule is CON=C(C(=O)N[C@@H]1C(=O)N2C(C(=O)O)=C(COC(C)=O)CS[C@H]12)c1ccccc1. The van der Waals surface area contributed by atoms with E-state index in [4.69, 9.17) is 9.57 Å². The van der Waals surface area contributed by atoms with Crippen molar-refractivity contribution in [2.75, 3.05) is 19.5 Å². The van der Waals surface area contributed by atoms with Crippen molar-refractivity contribution in [3.05, 3.63) is 47.2 Å². The number of thioether (sulfide) groups is 1. The molecule has 3 rings (SSSR count). The predicted octanol–water partition coefficient (Wildman–Crippen LogP) is 0.339. The molecule has 2 heterocycles. The van der Waals surface area contributed by atoms with E-state index in [9.17, 15) is 24.3 Å². The Morgan fingerprint density at radius 1 is 1.30 bits per heavy atom. The van der Waals surface area contributed by atoms with Crippen LogP contribution in [0.4, 0.5) is 0 Å². The zero-order valence-electron chi connectivity index (χ0n) is 16.2. The first-order chi connectivity index (χ1) is 14.3. The maximum absolute atomic E-state index is 12.7. The molecule has 30 heavy (non-hydrogen) atoms. The number of nitrogens with zero attached hydrogens (tertiary/aromatic N) is 2. The molecule has 2 N–H and O–H groups in total. The molecule has 0 unspecified atom stereocenters. The van der Waals surface area contributed by atoms with Gasteiger partial charge in [0, 0.05) is 23.8 Å². The summed E-state index contributed by atoms with van der Waals surface area (Å²) in [5.74, 6) is -2.79. The van der Waals surface area contributed by atoms with Crippen molar-refractivity contribution in [2.24, 2.45) is 5.16 Å². The van der Waals surface area contributed by atoms with Gasteiger partial charge in [-0.25, -0.2) is 4.79 Å². The van der Waals surface area contributed by atoms with Crippen molar-refractivity contribution in [3.63, 3.8) is 0 Å². The summed E-state index contributed by atoms with van der Waals surface area (Å²) in [7, 11) is 1.30. The normalized spacial score (nSPS) is 20.8. The van der Waals surface area contributed by atoms with Gasteiger partial charge in [-0.3, -0.25) is 19.3 Å². The number of carboxylic acid groups (broad SMARTS) is 1. The first kappa shape index (κ1) is 21.4. The third kappa shape index (κ3) is 4.15. The number of aliphatic carboxylic acids is 1. The molecule has 2 atom stereocenters. The molecule has 10 nitrogen and oxygen atoms in total. The summed E-state index contributed by atoms with van der Waals surface area (Å²) in [4.78, 5) is 54.0. The lowest BCUT2D eigenvalue weighted by Gasteiger charge is -2.49. The van der Waals surface area contributed by atoms with Gasteiger partial charge < -0.3 is 20.0 Å². The maximum Gasteiger partial charge on any atom is 0.352 e. The van der Waals surface area contributed by atoms with Crippen LogP contribution in [0.15, 0.2) is 46.8 Å². The fraction of sp³-hybridized carbons (Fsp3) is 0.316. The average Bonchev–Trinajstić information content (AvgIpc) is 2.73. The molecule has 0 saturated carbocycles. The van der Waals surface area contributed by atoms with E-state index in [1.807, 2.05) is 0 Å². The van der Waals surface area contributed by atoms with Crippen LogP contribution >= 0.6 is 11.8 Å². The summed E-state index contributed by atoms with van der Waals surface area (Å²) in [5, 5.41) is 15.3. The molecule has 158 valence electrons. The van der Waals surface area contributed by atoms with E-state index in [0.29, 0.717) is 11.1 Å². The molecular formula is C19H19N3O7S. The summed E-state index contributed by atoms with van der Waals surface area (Å²) >= 11 is 1.28. The Kier molecular flexibility index (Phi) is 6.40. The molecule has 0 spiro atoms. The van der Waals surface area contributed by atoms with Gasteiger partial charge in [0.05, 0.1) is 0 Å². The van der Waals surface area contributed by atoms with Crippen molar-refractivity contribution in [2.45, 2.75) is 18.3 Å². The number of carboxylic acids is 1. The van der Waals surface area contributed by atoms with Crippen LogP contribution in [0.5, 0.6) is 0 Å². The lowest BCUT2D eigenvalue weighted by Crippen LogP contribution is -2.71. The van der Waals surface area contributed by atoms with Gasteiger partial charge in [-0.1, -0.05) is 35.5 Å². The van der Waals surface area contributed by atoms with Crippen LogP contribution in [0.25, 0.3) is 0 Å². The second-order valence-electron chi connectivity index (χ2n) is 6.39. The van der Waals surface area contributed by atoms with Crippen LogP contribution in [0, 0.1) is 0 Å². The Balaban J connectivity index is 1.77. The largest absolute Gasteiger partial charge is 0.477 e. The number of esters is 1. The van der Waals surface area contributed by atoms with Crippen molar-refractivity contribution in [1.29, 1.82) is 0 Å². The molecule has 0 bridgehead atoms. The van der Waals surface area contributed by atoms with E-state index in [1.54, 1.807) is 30.3 Å². The van der Waals surface area contributed by atoms with Gasteiger partial charge in [-0.2, -0.15) is 0 Å². The summed E-state index contributed by atoms with van der Waals surface area (Å²) in [5.41, 5.74) is 0.605. The lowest BCUT2D eigenvalue weighted by molar-refractivity contribution is -0.150. The van der Waals surface area contributed by atoms with E-state index >= 15 is 0 Å². The quantitative estimate of drug-likeness (QED) is 0.272. The summed E-state index contributed by atoms with van der Waals surface area (Å²) in [6, 6.07) is 7.68. The third-order valence-electron chi connectivity index (χ3n) is 4.43. The predicted molar refractivity (Wildman–Crippen MR) is 106 cm³/mol. The minimum absolute atomic E-state index is 0.00490. The Morgan fingerprint density at radius 3 is 2.60 bits per heavy atom. The van der Waals surface area contributed by atoms with E-state index < -0.39 is 35.2 Å². The number of hydrogen-bond donors (Lipinski definition) is 2. The topological polar surface area (TPSA) is 135 Å². The Bertz CT molecular complexity index is 945. The van der Waals surface area contributed by atoms with Gasteiger partial charge in [0.1, 0.15) is 30.8 Å². The minimum Gasteiger partial charge on any atom is -0.477 e. The first-order valence-electron chi connectivity index (χ1n) is 8.86. The molecule has 0 aromatic heterocycles. The molecule has 2 aliphatic rings. The van der Waals surface area contributed by atoms with Crippen LogP contribution in [-0.2, 0) is 28.8 Å². The number of fused-ring (bicyclic) bond motifs is 1. The van der Waals surface area contributed by atoms with Gasteiger partial charge in [0.2, 0.25) is 0 Å². The highest BCUT2D eigenvalue weighted by Gasteiger charge is 2.54. The number of benzene rings is 1. The number of nitrogens with one attached hydrogen (secondary N) is 1. The van der Waals surface area contributed by atoms with E-state index in [0.717, 1.165) is 4.90 Å². The van der Waals surface area contributed by atoms with Crippen LogP contribution in [0.1, 0.15) is 12.5 Å². The average molecular weight is 433 g/mol. The lowest BCUT2D eigenvalue weighted by atomic mass is 10.0. The number of β-lactam (4-membered cyclic amide) rings is 1. The Hall–Kier alpha value is -3.34. The maximum atomic E-state index is 12.7. The standard InChI is InChI=1S/C19H19N3O7S/c1-10(23)29-8-12-9-30-18-14(17(25)22(18)15(12)19(26)27)20-16(24)13(21-28-2)11-6-4-3-5-7-11/h3-7,14,18H,8-9H2,1-2H3,(H,20,24)(H,26,27)/t14-,18-/m1/s1. The number of carbonyl (C=O) groups is 4. The molecular weight excluding hydrogens is 414 g/mol. The first-order valence-corrected chi connectivity index (χ1v) is 9.90. The fourth-order valence-corrected chi connectivity index (χ4v) is 4.43. The minimum atomic E-state index is -1.30. The van der Waals surface area contributed by atoms with Gasteiger partial charge in [-0.05, 0) is 0 Å². The highest BCUT2D eigenvalue weighted by atomic mass is 32.2. The molecule has 11 heteroatoms. The van der Waals surface area contributed by atoms with E-state index in [1.165, 1.54) is 25.8 Å². The number of carbonyl (C=O) groups excluding carboxylic acids is 3. The zero-order valence-corrected chi connectivity index (χ0v) is 17.0. The molecule has 0 aliphatic carbocycles. The monoisotopic (exact) mass is 433 g/mol. The number of hydrogen-bond acceptors (Lipinski definition) is 8. The highest BCUT2D eigenvalue weighted by molar-refractivity contribution is 8.00. The molecule has 1 saturated heterocycles. The summed E-state index contributed by atoms with van der Waals surface area (Å²) in [6.45, 7) is 1.00. The Morgan fingerprint density at radius 2 is 2.00 bits per heavy atom. The molecule has 0 radical (unpaired) electrons. The van der Waals surface area contributed by atoms with Crippen molar-refractivity contribution in [3.8, 4) is 0 Å². The zero-order chi connectivity index (χ0) is 21.8. The molecule has 1 fully saturated rings. The van der Waals surface area contributed by atoms with Crippen molar-refractivity contribution >= 4 is 41.2 Å². The second kappa shape index (κ2) is 8.99. The molecule has 1 aromatic rings. The number of rotatable bonds is 7. The molecule has 1 aromatic carbocycles. The third-order valence-corrected chi connectivity index (χ3v) is 5.77. The second-order valence-corrected chi connectivity index (χ2v) is 7.49. The Labute approximate surface area is 175 Å². The van der Waals surface area contributed by atoms with E-state index in [-0.39, 0.29) is 23.8 Å². The number of ether oxygens (including phenoxy) is 1. The summed E-state index contributed by atoms with van der Waals surface area (Å²) in [6.07, 6.45) is 0. The van der Waals surface area contributed by atoms with Gasteiger partial charge in [-0.15, -0.1) is 11.8 Å². The smallest absolute Gasteiger partial charge is 0.352 e. The number of amides is 2. The summed E-state index contributed by atoms with van der Waals surface area (Å²) < 4.78 is 4.89. The van der Waals surface area contributed by atoms with Crippen LogP contribution in [0.2, 0.25) is 0 Å². The van der Waals surface area contributed by atoms with E-state index in [2.05, 4.69) is 10.5 Å². The van der Waals surface area contributed by atoms with Gasteiger partial charge in [0.15, 0.2) is 5.71 Å². The molecule has 2 amide bonds. The van der Waals surface area contributed by atoms with Crippen LogP contribution in [-0.4, -0.2) is 70.4 Å². The van der Waals surface area contributed by atoms with Crippen molar-refractivity contribution in [1.82, 2.24) is 10.2 Å². The number of oxime groups is 1. The molecule has 2 aliphatic heterocycles. The van der Waals surface area contributed by atoms with Crippen molar-refractivity contribution < 1.29 is 33.9 Å². The van der Waals surface area contributed by atoms with Gasteiger partial charge >= 0.3 is 11.9 Å². The van der Waals surface area contributed by atoms with Gasteiger partial charge in [0.25, 0.3) is 11.8 Å². The van der Waals surface area contributed by atoms with Crippen LogP contribution < -0.4 is 5.32 Å².